The zero-order valence-electron chi connectivity index (χ0n) is 15.8. The number of esters is 1. The average molecular weight is 388 g/mol. The second-order valence-electron chi connectivity index (χ2n) is 8.09. The van der Waals surface area contributed by atoms with Gasteiger partial charge in [0.25, 0.3) is 0 Å². The van der Waals surface area contributed by atoms with Gasteiger partial charge >= 0.3 is 18.1 Å². The van der Waals surface area contributed by atoms with Gasteiger partial charge in [0.05, 0.1) is 12.7 Å². The number of rotatable bonds is 6. The van der Waals surface area contributed by atoms with Crippen LogP contribution in [0.4, 0.5) is 13.2 Å². The maximum atomic E-state index is 13.1. The molecular formula is C14H28F3NO4Si2. The van der Waals surface area contributed by atoms with E-state index in [0.29, 0.717) is 4.57 Å². The molecule has 0 aromatic heterocycles. The average Bonchev–Trinajstić information content (AvgIpc) is 2.27. The first-order valence-electron chi connectivity index (χ1n) is 7.53. The number of amides is 1. The van der Waals surface area contributed by atoms with E-state index in [1.165, 1.54) is 13.8 Å². The molecule has 0 rings (SSSR count). The highest BCUT2D eigenvalue weighted by Crippen LogP contribution is 2.32. The van der Waals surface area contributed by atoms with E-state index >= 15 is 0 Å². The van der Waals surface area contributed by atoms with Crippen molar-refractivity contribution >= 4 is 28.4 Å². The number of alkyl halides is 3. The minimum absolute atomic E-state index is 0.652. The summed E-state index contributed by atoms with van der Waals surface area (Å²) in [6.45, 7) is 13.3. The van der Waals surface area contributed by atoms with Crippen LogP contribution in [0.1, 0.15) is 13.8 Å². The normalized spacial score (nSPS) is 15.0. The third-order valence-corrected chi connectivity index (χ3v) is 6.14. The second-order valence-corrected chi connectivity index (χ2v) is 17.3. The molecule has 0 N–H and O–H groups in total. The molecule has 1 atom stereocenters. The first-order valence-corrected chi connectivity index (χ1v) is 14.4. The van der Waals surface area contributed by atoms with Crippen LogP contribution in [-0.4, -0.2) is 57.9 Å². The lowest BCUT2D eigenvalue weighted by Crippen LogP contribution is -2.68. The van der Waals surface area contributed by atoms with Crippen LogP contribution in [-0.2, 0) is 18.8 Å². The Morgan fingerprint density at radius 1 is 1.00 bits per heavy atom. The van der Waals surface area contributed by atoms with E-state index in [1.807, 2.05) is 19.6 Å². The van der Waals surface area contributed by atoms with E-state index in [9.17, 15) is 22.8 Å². The van der Waals surface area contributed by atoms with Gasteiger partial charge in [0.2, 0.25) is 0 Å². The van der Waals surface area contributed by atoms with Gasteiger partial charge in [0.1, 0.15) is 6.04 Å². The van der Waals surface area contributed by atoms with Gasteiger partial charge in [0.15, 0.2) is 16.6 Å². The van der Waals surface area contributed by atoms with Crippen LogP contribution in [0.5, 0.6) is 0 Å². The Hall–Kier alpha value is -0.876. The number of ether oxygens (including phenoxy) is 1. The molecule has 0 saturated carbocycles. The summed E-state index contributed by atoms with van der Waals surface area (Å²) in [4.78, 5) is 24.4. The molecular weight excluding hydrogens is 359 g/mol. The van der Waals surface area contributed by atoms with Crippen LogP contribution in [0.3, 0.4) is 0 Å². The highest BCUT2D eigenvalue weighted by atomic mass is 28.4. The molecule has 1 amide bonds. The molecule has 24 heavy (non-hydrogen) atoms. The summed E-state index contributed by atoms with van der Waals surface area (Å²) < 4.78 is 50.7. The Morgan fingerprint density at radius 3 is 1.67 bits per heavy atom. The van der Waals surface area contributed by atoms with Gasteiger partial charge in [-0.2, -0.15) is 13.2 Å². The van der Waals surface area contributed by atoms with Gasteiger partial charge < -0.3 is 13.7 Å². The van der Waals surface area contributed by atoms with Crippen molar-refractivity contribution in [2.24, 2.45) is 0 Å². The Balaban J connectivity index is 6.27. The Kier molecular flexibility index (Phi) is 6.90. The maximum absolute atomic E-state index is 13.1. The maximum Gasteiger partial charge on any atom is 0.470 e. The standard InChI is InChI=1S/C14H28F3NO4Si2/c1-13(2,22-24(7,8)9)10(11(19)21-3)18(23(4,5)6)12(20)14(15,16)17/h10H,1-9H3. The van der Waals surface area contributed by atoms with Crippen molar-refractivity contribution in [1.82, 2.24) is 4.57 Å². The molecule has 0 bridgehead atoms. The number of hydrogen-bond donors (Lipinski definition) is 0. The molecule has 0 radical (unpaired) electrons. The van der Waals surface area contributed by atoms with E-state index in [4.69, 9.17) is 9.16 Å². The molecule has 10 heteroatoms. The van der Waals surface area contributed by atoms with Crippen LogP contribution in [0, 0.1) is 0 Å². The number of carbonyl (C=O) groups is 2. The van der Waals surface area contributed by atoms with Crippen LogP contribution < -0.4 is 0 Å². The number of carbonyl (C=O) groups excluding carboxylic acids is 2. The molecule has 0 heterocycles. The molecule has 0 fully saturated rings. The molecule has 0 spiro atoms. The SMILES string of the molecule is COC(=O)C(N(C(=O)C(F)(F)F)[Si](C)(C)C)C(C)(C)O[Si](C)(C)C. The lowest BCUT2D eigenvalue weighted by atomic mass is 9.99. The van der Waals surface area contributed by atoms with Crippen LogP contribution in [0.2, 0.25) is 39.3 Å². The van der Waals surface area contributed by atoms with Crippen LogP contribution in [0.25, 0.3) is 0 Å². The number of hydrogen-bond acceptors (Lipinski definition) is 4. The second kappa shape index (κ2) is 7.16. The fraction of sp³-hybridized carbons (Fsp3) is 0.857. The summed E-state index contributed by atoms with van der Waals surface area (Å²) in [5.74, 6) is -2.96. The lowest BCUT2D eigenvalue weighted by Gasteiger charge is -2.47. The van der Waals surface area contributed by atoms with Crippen LogP contribution in [0.15, 0.2) is 0 Å². The lowest BCUT2D eigenvalue weighted by molar-refractivity contribution is -0.188. The molecule has 0 aliphatic heterocycles. The third-order valence-electron chi connectivity index (χ3n) is 3.09. The highest BCUT2D eigenvalue weighted by Gasteiger charge is 2.55. The van der Waals surface area contributed by atoms with Gasteiger partial charge in [-0.05, 0) is 33.5 Å². The van der Waals surface area contributed by atoms with Gasteiger partial charge in [0, 0.05) is 0 Å². The van der Waals surface area contributed by atoms with Gasteiger partial charge in [-0.15, -0.1) is 0 Å². The molecule has 5 nitrogen and oxygen atoms in total. The Labute approximate surface area is 143 Å². The first kappa shape index (κ1) is 23.1. The molecule has 0 aromatic rings. The van der Waals surface area contributed by atoms with E-state index in [-0.39, 0.29) is 0 Å². The van der Waals surface area contributed by atoms with Crippen molar-refractivity contribution in [2.75, 3.05) is 7.11 Å². The fourth-order valence-corrected chi connectivity index (χ4v) is 6.22. The van der Waals surface area contributed by atoms with Crippen molar-refractivity contribution in [3.63, 3.8) is 0 Å². The number of methoxy groups -OCH3 is 1. The molecule has 0 aromatic carbocycles. The van der Waals surface area contributed by atoms with E-state index in [2.05, 4.69) is 0 Å². The largest absolute Gasteiger partial charge is 0.470 e. The quantitative estimate of drug-likeness (QED) is 0.518. The summed E-state index contributed by atoms with van der Waals surface area (Å²) in [5.41, 5.74) is -1.32. The Morgan fingerprint density at radius 2 is 1.42 bits per heavy atom. The summed E-state index contributed by atoms with van der Waals surface area (Å²) in [6.07, 6.45) is -5.08. The summed E-state index contributed by atoms with van der Waals surface area (Å²) >= 11 is 0. The van der Waals surface area contributed by atoms with Gasteiger partial charge in [-0.25, -0.2) is 4.79 Å². The predicted octanol–water partition coefficient (Wildman–Crippen LogP) is 3.38. The zero-order valence-corrected chi connectivity index (χ0v) is 17.8. The molecule has 1 unspecified atom stereocenters. The van der Waals surface area contributed by atoms with E-state index < -0.39 is 46.2 Å². The predicted molar refractivity (Wildman–Crippen MR) is 90.6 cm³/mol. The number of nitrogens with zero attached hydrogens (tertiary/aromatic N) is 1. The highest BCUT2D eigenvalue weighted by molar-refractivity contribution is 6.76. The van der Waals surface area contributed by atoms with Crippen molar-refractivity contribution in [2.45, 2.75) is 70.9 Å². The topological polar surface area (TPSA) is 55.8 Å². The van der Waals surface area contributed by atoms with Gasteiger partial charge in [-0.3, -0.25) is 4.79 Å². The zero-order chi connectivity index (χ0) is 19.7. The number of halogens is 3. The summed E-state index contributed by atoms with van der Waals surface area (Å²) in [6, 6.07) is -1.48. The minimum Gasteiger partial charge on any atom is -0.467 e. The Bertz CT molecular complexity index is 482. The summed E-state index contributed by atoms with van der Waals surface area (Å²) in [5, 5.41) is 0. The molecule has 0 saturated heterocycles. The fourth-order valence-electron chi connectivity index (χ4n) is 2.60. The molecule has 142 valence electrons. The van der Waals surface area contributed by atoms with Gasteiger partial charge in [-0.1, -0.05) is 19.6 Å². The minimum atomic E-state index is -5.08. The van der Waals surface area contributed by atoms with Crippen molar-refractivity contribution in [3.05, 3.63) is 0 Å². The van der Waals surface area contributed by atoms with Crippen molar-refractivity contribution < 1.29 is 31.9 Å². The van der Waals surface area contributed by atoms with Crippen LogP contribution >= 0.6 is 0 Å². The third kappa shape index (κ3) is 6.21. The molecule has 0 aliphatic carbocycles. The molecule has 0 aliphatic rings. The van der Waals surface area contributed by atoms with E-state index in [1.54, 1.807) is 19.6 Å². The first-order chi connectivity index (χ1) is 10.3. The van der Waals surface area contributed by atoms with E-state index in [0.717, 1.165) is 7.11 Å². The van der Waals surface area contributed by atoms with Crippen molar-refractivity contribution in [3.8, 4) is 0 Å². The van der Waals surface area contributed by atoms with Crippen molar-refractivity contribution in [1.29, 1.82) is 0 Å². The monoisotopic (exact) mass is 387 g/mol. The summed E-state index contributed by atoms with van der Waals surface area (Å²) in [7, 11) is -4.02. The smallest absolute Gasteiger partial charge is 0.467 e.